The number of ether oxygens (including phenoxy) is 1. The predicted molar refractivity (Wildman–Crippen MR) is 84.7 cm³/mol. The monoisotopic (exact) mass is 341 g/mol. The molecule has 0 unspecified atom stereocenters. The predicted octanol–water partition coefficient (Wildman–Crippen LogP) is 3.91. The molecule has 1 saturated heterocycles. The van der Waals surface area contributed by atoms with E-state index in [9.17, 15) is 13.6 Å². The molecule has 1 atom stereocenters. The van der Waals surface area contributed by atoms with Crippen molar-refractivity contribution >= 4 is 6.09 Å². The van der Waals surface area contributed by atoms with Crippen molar-refractivity contribution in [2.45, 2.75) is 64.0 Å². The number of amides is 1. The summed E-state index contributed by atoms with van der Waals surface area (Å²) >= 11 is 0. The van der Waals surface area contributed by atoms with Crippen LogP contribution >= 0.6 is 0 Å². The highest BCUT2D eigenvalue weighted by Crippen LogP contribution is 2.60. The first kappa shape index (κ1) is 17.2. The van der Waals surface area contributed by atoms with Crippen LogP contribution in [0.2, 0.25) is 0 Å². The van der Waals surface area contributed by atoms with Gasteiger partial charge in [0, 0.05) is 38.2 Å². The van der Waals surface area contributed by atoms with Gasteiger partial charge in [-0.15, -0.1) is 0 Å². The van der Waals surface area contributed by atoms with Crippen LogP contribution in [-0.2, 0) is 11.8 Å². The summed E-state index contributed by atoms with van der Waals surface area (Å²) in [5, 5.41) is 4.17. The van der Waals surface area contributed by atoms with E-state index in [-0.39, 0.29) is 24.3 Å². The molecular weight excluding hydrogens is 316 g/mol. The minimum absolute atomic E-state index is 0.0844. The quantitative estimate of drug-likeness (QED) is 0.778. The van der Waals surface area contributed by atoms with Gasteiger partial charge in [0.25, 0.3) is 0 Å². The molecule has 0 radical (unpaired) electrons. The van der Waals surface area contributed by atoms with E-state index in [1.54, 1.807) is 22.8 Å². The van der Waals surface area contributed by atoms with Gasteiger partial charge in [0.1, 0.15) is 5.60 Å². The third kappa shape index (κ3) is 3.39. The molecule has 0 bridgehead atoms. The molecule has 2 heterocycles. The van der Waals surface area contributed by atoms with Crippen LogP contribution in [0.5, 0.6) is 0 Å². The number of alkyl halides is 2. The summed E-state index contributed by atoms with van der Waals surface area (Å²) in [5.74, 6) is -2.56. The zero-order valence-electron chi connectivity index (χ0n) is 14.7. The van der Waals surface area contributed by atoms with E-state index in [1.165, 1.54) is 0 Å². The number of aryl methyl sites for hydroxylation is 1. The van der Waals surface area contributed by atoms with Gasteiger partial charge in [-0.1, -0.05) is 0 Å². The highest BCUT2D eigenvalue weighted by Gasteiger charge is 2.59. The van der Waals surface area contributed by atoms with Crippen molar-refractivity contribution < 1.29 is 18.3 Å². The van der Waals surface area contributed by atoms with Crippen molar-refractivity contribution in [3.8, 4) is 0 Å². The van der Waals surface area contributed by atoms with Crippen molar-refractivity contribution in [3.05, 3.63) is 18.0 Å². The Morgan fingerprint density at radius 2 is 2.04 bits per heavy atom. The molecule has 3 rings (SSSR count). The molecular formula is C17H25F2N3O2. The van der Waals surface area contributed by atoms with E-state index in [4.69, 9.17) is 4.74 Å². The molecule has 1 aliphatic carbocycles. The fourth-order valence-electron chi connectivity index (χ4n) is 3.95. The number of nitrogens with zero attached hydrogens (tertiary/aromatic N) is 3. The molecule has 0 aromatic carbocycles. The summed E-state index contributed by atoms with van der Waals surface area (Å²) in [4.78, 5) is 14.2. The molecule has 24 heavy (non-hydrogen) atoms. The number of carbonyl (C=O) groups is 1. The van der Waals surface area contributed by atoms with Crippen molar-refractivity contribution in [3.63, 3.8) is 0 Å². The van der Waals surface area contributed by atoms with Crippen molar-refractivity contribution in [2.24, 2.45) is 12.5 Å². The lowest BCUT2D eigenvalue weighted by Gasteiger charge is -2.54. The Kier molecular flexibility index (Phi) is 3.88. The van der Waals surface area contributed by atoms with E-state index in [1.807, 2.05) is 27.0 Å². The van der Waals surface area contributed by atoms with E-state index < -0.39 is 17.6 Å². The minimum Gasteiger partial charge on any atom is -0.444 e. The van der Waals surface area contributed by atoms with Crippen LogP contribution in [0.1, 0.15) is 58.1 Å². The Balaban J connectivity index is 1.82. The molecule has 5 nitrogen and oxygen atoms in total. The average molecular weight is 341 g/mol. The molecule has 2 aliphatic rings. The maximum absolute atomic E-state index is 13.5. The summed E-state index contributed by atoms with van der Waals surface area (Å²) in [7, 11) is 1.80. The minimum atomic E-state index is -2.56. The van der Waals surface area contributed by atoms with Crippen LogP contribution in [0.15, 0.2) is 12.4 Å². The number of halogens is 2. The second-order valence-electron chi connectivity index (χ2n) is 8.30. The molecule has 1 aromatic rings. The third-order valence-electron chi connectivity index (χ3n) is 4.89. The van der Waals surface area contributed by atoms with Crippen molar-refractivity contribution in [1.29, 1.82) is 0 Å². The molecule has 1 aromatic heterocycles. The fourth-order valence-corrected chi connectivity index (χ4v) is 3.95. The maximum atomic E-state index is 13.5. The summed E-state index contributed by atoms with van der Waals surface area (Å²) in [6, 6.07) is -0.265. The smallest absolute Gasteiger partial charge is 0.410 e. The van der Waals surface area contributed by atoms with E-state index >= 15 is 0 Å². The molecule has 0 N–H and O–H groups in total. The molecule has 1 spiro atoms. The van der Waals surface area contributed by atoms with E-state index in [0.717, 1.165) is 5.56 Å². The second-order valence-corrected chi connectivity index (χ2v) is 8.30. The zero-order chi connectivity index (χ0) is 17.8. The van der Waals surface area contributed by atoms with Crippen LogP contribution in [0.4, 0.5) is 13.6 Å². The highest BCUT2D eigenvalue weighted by atomic mass is 19.3. The number of carbonyl (C=O) groups excluding carboxylic acids is 1. The van der Waals surface area contributed by atoms with Gasteiger partial charge in [-0.05, 0) is 39.0 Å². The van der Waals surface area contributed by atoms with E-state index in [0.29, 0.717) is 19.4 Å². The average Bonchev–Trinajstić information content (AvgIpc) is 2.80. The van der Waals surface area contributed by atoms with Gasteiger partial charge >= 0.3 is 6.09 Å². The van der Waals surface area contributed by atoms with Crippen LogP contribution < -0.4 is 0 Å². The number of aromatic nitrogens is 2. The molecule has 1 saturated carbocycles. The normalized spacial score (nSPS) is 25.4. The lowest BCUT2D eigenvalue weighted by molar-refractivity contribution is -0.183. The second kappa shape index (κ2) is 5.43. The molecule has 7 heteroatoms. The standard InChI is InChI=1S/C17H25F2N3O2/c1-15(2,3)24-14(23)22-6-5-16(10-17(18,19)11-16)7-13(22)12-8-20-21(4)9-12/h8-9,13H,5-7,10-11H2,1-4H3/t13-/m1/s1. The van der Waals surface area contributed by atoms with Crippen molar-refractivity contribution in [1.82, 2.24) is 14.7 Å². The molecule has 1 amide bonds. The van der Waals surface area contributed by atoms with Crippen LogP contribution in [0.3, 0.4) is 0 Å². The van der Waals surface area contributed by atoms with Crippen LogP contribution in [0.25, 0.3) is 0 Å². The van der Waals surface area contributed by atoms with Gasteiger partial charge in [-0.25, -0.2) is 13.6 Å². The SMILES string of the molecule is Cn1cc([C@H]2CC3(CCN2C(=O)OC(C)(C)C)CC(F)(F)C3)cn1. The number of hydrogen-bond acceptors (Lipinski definition) is 3. The molecule has 134 valence electrons. The lowest BCUT2D eigenvalue weighted by Crippen LogP contribution is -2.54. The van der Waals surface area contributed by atoms with Gasteiger partial charge in [0.2, 0.25) is 5.92 Å². The number of likely N-dealkylation sites (tertiary alicyclic amines) is 1. The Hall–Kier alpha value is -1.66. The van der Waals surface area contributed by atoms with E-state index in [2.05, 4.69) is 5.10 Å². The van der Waals surface area contributed by atoms with Gasteiger partial charge in [-0.2, -0.15) is 5.10 Å². The van der Waals surface area contributed by atoms with Gasteiger partial charge < -0.3 is 9.64 Å². The third-order valence-corrected chi connectivity index (χ3v) is 4.89. The Morgan fingerprint density at radius 3 is 2.54 bits per heavy atom. The molecule has 1 aliphatic heterocycles. The Bertz CT molecular complexity index is 628. The summed E-state index contributed by atoms with van der Waals surface area (Å²) in [6.45, 7) is 5.90. The first-order chi connectivity index (χ1) is 11.0. The Labute approximate surface area is 141 Å². The number of piperidine rings is 1. The highest BCUT2D eigenvalue weighted by molar-refractivity contribution is 5.69. The maximum Gasteiger partial charge on any atom is 0.410 e. The van der Waals surface area contributed by atoms with Gasteiger partial charge in [0.15, 0.2) is 0 Å². The molecule has 2 fully saturated rings. The lowest BCUT2D eigenvalue weighted by atomic mass is 9.59. The Morgan fingerprint density at radius 1 is 1.38 bits per heavy atom. The zero-order valence-corrected chi connectivity index (χ0v) is 14.7. The van der Waals surface area contributed by atoms with Crippen molar-refractivity contribution in [2.75, 3.05) is 6.54 Å². The summed E-state index contributed by atoms with van der Waals surface area (Å²) in [5.41, 5.74) is -0.0878. The summed E-state index contributed by atoms with van der Waals surface area (Å²) < 4.78 is 34.1. The fraction of sp³-hybridized carbons (Fsp3) is 0.765. The first-order valence-corrected chi connectivity index (χ1v) is 8.35. The van der Waals surface area contributed by atoms with Gasteiger partial charge in [0.05, 0.1) is 12.2 Å². The number of hydrogen-bond donors (Lipinski definition) is 0. The van der Waals surface area contributed by atoms with Crippen LogP contribution in [0, 0.1) is 5.41 Å². The largest absolute Gasteiger partial charge is 0.444 e. The number of rotatable bonds is 1. The van der Waals surface area contributed by atoms with Gasteiger partial charge in [-0.3, -0.25) is 4.68 Å². The summed E-state index contributed by atoms with van der Waals surface area (Å²) in [6.07, 6.45) is 4.12. The topological polar surface area (TPSA) is 47.4 Å². The first-order valence-electron chi connectivity index (χ1n) is 8.35. The van der Waals surface area contributed by atoms with Crippen LogP contribution in [-0.4, -0.2) is 38.8 Å².